The van der Waals surface area contributed by atoms with Gasteiger partial charge in [0.15, 0.2) is 0 Å². The summed E-state index contributed by atoms with van der Waals surface area (Å²) in [6.45, 7) is 12.7. The monoisotopic (exact) mass is 503 g/mol. The number of ether oxygens (including phenoxy) is 2. The summed E-state index contributed by atoms with van der Waals surface area (Å²) < 4.78 is 10.6. The van der Waals surface area contributed by atoms with Gasteiger partial charge in [-0.1, -0.05) is 6.08 Å². The maximum absolute atomic E-state index is 13.5. The van der Waals surface area contributed by atoms with Gasteiger partial charge in [-0.25, -0.2) is 9.69 Å². The molecule has 0 aliphatic carbocycles. The molecule has 2 aromatic rings. The van der Waals surface area contributed by atoms with Gasteiger partial charge in [0.05, 0.1) is 25.4 Å². The van der Waals surface area contributed by atoms with Crippen LogP contribution in [0.15, 0.2) is 42.0 Å². The van der Waals surface area contributed by atoms with Crippen molar-refractivity contribution in [3.05, 3.63) is 58.7 Å². The molecule has 1 saturated heterocycles. The van der Waals surface area contributed by atoms with E-state index in [1.165, 1.54) is 14.2 Å². The van der Waals surface area contributed by atoms with Gasteiger partial charge in [-0.15, -0.1) is 0 Å². The lowest BCUT2D eigenvalue weighted by molar-refractivity contribution is -0.122. The zero-order valence-electron chi connectivity index (χ0n) is 22.6. The molecule has 1 fully saturated rings. The molecule has 8 heteroatoms. The lowest BCUT2D eigenvalue weighted by atomic mass is 9.85. The Morgan fingerprint density at radius 2 is 1.68 bits per heavy atom. The standard InChI is InChI=1S/C29H33N3O5/c1-16(2)32-24-11-17(3)19(12-21(24)18(4)15-29(32,5)6)13-22-26(33)30-28(35)31(27(22)34)23-10-9-20(36-7)14-25(23)37-8/h9-16H,1-8H3,(H,30,33,35)/b22-13+. The summed E-state index contributed by atoms with van der Waals surface area (Å²) in [5, 5.41) is 2.28. The number of rotatable bonds is 5. The molecule has 1 N–H and O–H groups in total. The average Bonchev–Trinajstić information content (AvgIpc) is 2.81. The number of hydrogen-bond acceptors (Lipinski definition) is 6. The number of benzene rings is 2. The highest BCUT2D eigenvalue weighted by Gasteiger charge is 2.39. The van der Waals surface area contributed by atoms with Crippen LogP contribution in [0.3, 0.4) is 0 Å². The summed E-state index contributed by atoms with van der Waals surface area (Å²) in [5.74, 6) is -0.706. The fourth-order valence-corrected chi connectivity index (χ4v) is 5.31. The molecule has 37 heavy (non-hydrogen) atoms. The van der Waals surface area contributed by atoms with Crippen molar-refractivity contribution in [3.8, 4) is 11.5 Å². The van der Waals surface area contributed by atoms with E-state index in [1.54, 1.807) is 24.3 Å². The Morgan fingerprint density at radius 1 is 0.973 bits per heavy atom. The lowest BCUT2D eigenvalue weighted by Gasteiger charge is -2.46. The lowest BCUT2D eigenvalue weighted by Crippen LogP contribution is -2.54. The summed E-state index contributed by atoms with van der Waals surface area (Å²) in [6, 6.07) is 8.26. The average molecular weight is 504 g/mol. The molecule has 4 rings (SSSR count). The van der Waals surface area contributed by atoms with E-state index in [4.69, 9.17) is 9.47 Å². The Labute approximate surface area is 217 Å². The van der Waals surface area contributed by atoms with Crippen molar-refractivity contribution in [3.63, 3.8) is 0 Å². The van der Waals surface area contributed by atoms with Crippen molar-refractivity contribution in [1.82, 2.24) is 5.32 Å². The zero-order valence-corrected chi connectivity index (χ0v) is 22.6. The minimum Gasteiger partial charge on any atom is -0.497 e. The summed E-state index contributed by atoms with van der Waals surface area (Å²) in [6.07, 6.45) is 3.78. The second kappa shape index (κ2) is 9.42. The van der Waals surface area contributed by atoms with Gasteiger partial charge >= 0.3 is 6.03 Å². The van der Waals surface area contributed by atoms with Crippen LogP contribution < -0.4 is 24.6 Å². The predicted molar refractivity (Wildman–Crippen MR) is 145 cm³/mol. The largest absolute Gasteiger partial charge is 0.497 e. The van der Waals surface area contributed by atoms with Gasteiger partial charge in [0.1, 0.15) is 17.1 Å². The minimum absolute atomic E-state index is 0.140. The van der Waals surface area contributed by atoms with Crippen molar-refractivity contribution in [2.24, 2.45) is 0 Å². The number of imide groups is 2. The van der Waals surface area contributed by atoms with Crippen molar-refractivity contribution >= 4 is 40.9 Å². The fraction of sp³-hybridized carbons (Fsp3) is 0.345. The van der Waals surface area contributed by atoms with Crippen molar-refractivity contribution < 1.29 is 23.9 Å². The van der Waals surface area contributed by atoms with Crippen LogP contribution in [0.1, 0.15) is 51.3 Å². The molecule has 0 unspecified atom stereocenters. The number of carbonyl (C=O) groups excluding carboxylic acids is 3. The number of methoxy groups -OCH3 is 2. The molecule has 0 saturated carbocycles. The number of aryl methyl sites for hydroxylation is 1. The first-order valence-electron chi connectivity index (χ1n) is 12.2. The van der Waals surface area contributed by atoms with E-state index >= 15 is 0 Å². The first kappa shape index (κ1) is 26.0. The topological polar surface area (TPSA) is 88.2 Å². The first-order valence-corrected chi connectivity index (χ1v) is 12.2. The van der Waals surface area contributed by atoms with E-state index < -0.39 is 17.8 Å². The van der Waals surface area contributed by atoms with E-state index in [0.717, 1.165) is 32.9 Å². The highest BCUT2D eigenvalue weighted by atomic mass is 16.5. The van der Waals surface area contributed by atoms with E-state index in [9.17, 15) is 14.4 Å². The molecule has 0 atom stereocenters. The number of carbonyl (C=O) groups is 3. The van der Waals surface area contributed by atoms with E-state index in [1.807, 2.05) is 13.0 Å². The molecule has 8 nitrogen and oxygen atoms in total. The van der Waals surface area contributed by atoms with Crippen LogP contribution in [0, 0.1) is 6.92 Å². The molecule has 0 aromatic heterocycles. The number of amides is 4. The summed E-state index contributed by atoms with van der Waals surface area (Å²) in [7, 11) is 2.94. The second-order valence-corrected chi connectivity index (χ2v) is 10.2. The number of nitrogens with zero attached hydrogens (tertiary/aromatic N) is 2. The van der Waals surface area contributed by atoms with E-state index in [2.05, 4.69) is 57.0 Å². The Hall–Kier alpha value is -4.07. The number of barbiturate groups is 1. The summed E-state index contributed by atoms with van der Waals surface area (Å²) >= 11 is 0. The molecular weight excluding hydrogens is 470 g/mol. The number of allylic oxidation sites excluding steroid dienone is 1. The molecular formula is C29H33N3O5. The Morgan fingerprint density at radius 3 is 2.30 bits per heavy atom. The molecule has 4 amide bonds. The maximum atomic E-state index is 13.5. The van der Waals surface area contributed by atoms with Gasteiger partial charge in [-0.05, 0) is 88.6 Å². The number of nitrogens with one attached hydrogen (secondary N) is 1. The third kappa shape index (κ3) is 4.48. The van der Waals surface area contributed by atoms with Crippen LogP contribution in [0.4, 0.5) is 16.2 Å². The number of fused-ring (bicyclic) bond motifs is 1. The van der Waals surface area contributed by atoms with Crippen LogP contribution in [0.2, 0.25) is 0 Å². The van der Waals surface area contributed by atoms with Gasteiger partial charge in [-0.2, -0.15) is 0 Å². The highest BCUT2D eigenvalue weighted by Crippen LogP contribution is 2.42. The molecule has 2 aliphatic heterocycles. The zero-order chi connectivity index (χ0) is 27.2. The smallest absolute Gasteiger partial charge is 0.336 e. The third-order valence-electron chi connectivity index (χ3n) is 6.81. The van der Waals surface area contributed by atoms with Gasteiger partial charge < -0.3 is 14.4 Å². The van der Waals surface area contributed by atoms with E-state index in [0.29, 0.717) is 5.75 Å². The maximum Gasteiger partial charge on any atom is 0.336 e. The van der Waals surface area contributed by atoms with Gasteiger partial charge in [0.25, 0.3) is 11.8 Å². The van der Waals surface area contributed by atoms with Gasteiger partial charge in [0.2, 0.25) is 0 Å². The molecule has 0 spiro atoms. The van der Waals surface area contributed by atoms with Crippen LogP contribution >= 0.6 is 0 Å². The Bertz CT molecular complexity index is 1370. The predicted octanol–water partition coefficient (Wildman–Crippen LogP) is 5.09. The van der Waals surface area contributed by atoms with Crippen LogP contribution in [0.5, 0.6) is 11.5 Å². The van der Waals surface area contributed by atoms with Crippen molar-refractivity contribution in [2.45, 2.75) is 53.1 Å². The third-order valence-corrected chi connectivity index (χ3v) is 6.81. The molecule has 2 aromatic carbocycles. The minimum atomic E-state index is -0.841. The van der Waals surface area contributed by atoms with Crippen LogP contribution in [0.25, 0.3) is 11.6 Å². The summed E-state index contributed by atoms with van der Waals surface area (Å²) in [4.78, 5) is 42.4. The number of hydrogen-bond donors (Lipinski definition) is 1. The molecule has 2 heterocycles. The Kier molecular flexibility index (Phi) is 6.62. The van der Waals surface area contributed by atoms with Crippen molar-refractivity contribution in [1.29, 1.82) is 0 Å². The van der Waals surface area contributed by atoms with Gasteiger partial charge in [-0.3, -0.25) is 14.9 Å². The van der Waals surface area contributed by atoms with Crippen LogP contribution in [-0.4, -0.2) is 43.6 Å². The quantitative estimate of drug-likeness (QED) is 0.452. The Balaban J connectivity index is 1.81. The number of urea groups is 1. The van der Waals surface area contributed by atoms with Crippen molar-refractivity contribution in [2.75, 3.05) is 24.0 Å². The van der Waals surface area contributed by atoms with Gasteiger partial charge in [0, 0.05) is 23.4 Å². The van der Waals surface area contributed by atoms with Crippen LogP contribution in [-0.2, 0) is 9.59 Å². The highest BCUT2D eigenvalue weighted by molar-refractivity contribution is 6.39. The molecule has 194 valence electrons. The second-order valence-electron chi connectivity index (χ2n) is 10.2. The molecule has 2 aliphatic rings. The molecule has 0 bridgehead atoms. The number of anilines is 2. The summed E-state index contributed by atoms with van der Waals surface area (Å²) in [5.41, 5.74) is 4.82. The van der Waals surface area contributed by atoms with E-state index in [-0.39, 0.29) is 28.6 Å². The first-order chi connectivity index (χ1) is 17.4. The normalized spacial score (nSPS) is 18.1. The molecule has 0 radical (unpaired) electrons. The SMILES string of the molecule is COc1ccc(N2C(=O)NC(=O)/C(=C\c3cc4c(cc3C)N(C(C)C)C(C)(C)C=C4C)C2=O)c(OC)c1. The fourth-order valence-electron chi connectivity index (χ4n) is 5.31.